The first kappa shape index (κ1) is 15.3. The van der Waals surface area contributed by atoms with E-state index in [1.165, 1.54) is 45.1 Å². The number of nitrogens with two attached hydrogens (primary N) is 1. The summed E-state index contributed by atoms with van der Waals surface area (Å²) in [7, 11) is 0. The molecule has 3 nitrogen and oxygen atoms in total. The van der Waals surface area contributed by atoms with Gasteiger partial charge >= 0.3 is 0 Å². The zero-order valence-corrected chi connectivity index (χ0v) is 13.1. The van der Waals surface area contributed by atoms with Crippen molar-refractivity contribution in [2.45, 2.75) is 71.0 Å². The van der Waals surface area contributed by atoms with Crippen LogP contribution in [0.2, 0.25) is 0 Å². The van der Waals surface area contributed by atoms with E-state index in [4.69, 9.17) is 10.5 Å². The largest absolute Gasteiger partial charge is 0.370 e. The lowest BCUT2D eigenvalue weighted by molar-refractivity contribution is -0.130. The van der Waals surface area contributed by atoms with Crippen LogP contribution in [0.4, 0.5) is 0 Å². The molecule has 112 valence electrons. The lowest BCUT2D eigenvalue weighted by Gasteiger charge is -2.44. The van der Waals surface area contributed by atoms with Gasteiger partial charge in [0.2, 0.25) is 0 Å². The lowest BCUT2D eigenvalue weighted by Crippen LogP contribution is -2.52. The molecular formula is C16H32N2O. The van der Waals surface area contributed by atoms with E-state index in [2.05, 4.69) is 25.7 Å². The van der Waals surface area contributed by atoms with E-state index in [0.29, 0.717) is 11.5 Å². The van der Waals surface area contributed by atoms with Gasteiger partial charge in [-0.05, 0) is 58.5 Å². The maximum absolute atomic E-state index is 6.09. The van der Waals surface area contributed by atoms with Gasteiger partial charge in [0, 0.05) is 13.1 Å². The van der Waals surface area contributed by atoms with E-state index in [1.807, 2.05) is 0 Å². The first-order chi connectivity index (χ1) is 8.95. The smallest absolute Gasteiger partial charge is 0.0757 e. The molecule has 2 fully saturated rings. The van der Waals surface area contributed by atoms with Gasteiger partial charge in [0.15, 0.2) is 0 Å². The Morgan fingerprint density at radius 1 is 1.21 bits per heavy atom. The molecule has 0 bridgehead atoms. The molecule has 1 aliphatic carbocycles. The van der Waals surface area contributed by atoms with Crippen LogP contribution in [0.3, 0.4) is 0 Å². The average molecular weight is 268 g/mol. The Bertz CT molecular complexity index is 284. The minimum atomic E-state index is 0.000109. The summed E-state index contributed by atoms with van der Waals surface area (Å²) in [5, 5.41) is 0. The van der Waals surface area contributed by atoms with Gasteiger partial charge in [-0.2, -0.15) is 0 Å². The first-order valence-corrected chi connectivity index (χ1v) is 8.05. The van der Waals surface area contributed by atoms with Crippen molar-refractivity contribution in [2.24, 2.45) is 11.1 Å². The zero-order valence-electron chi connectivity index (χ0n) is 13.1. The zero-order chi connectivity index (χ0) is 13.9. The van der Waals surface area contributed by atoms with Crippen molar-refractivity contribution in [3.63, 3.8) is 0 Å². The number of rotatable bonds is 4. The van der Waals surface area contributed by atoms with Crippen molar-refractivity contribution in [1.82, 2.24) is 4.90 Å². The number of nitrogens with zero attached hydrogens (tertiary/aromatic N) is 1. The van der Waals surface area contributed by atoms with Crippen LogP contribution in [0.15, 0.2) is 0 Å². The summed E-state index contributed by atoms with van der Waals surface area (Å²) >= 11 is 0. The van der Waals surface area contributed by atoms with E-state index in [-0.39, 0.29) is 5.60 Å². The van der Waals surface area contributed by atoms with Gasteiger partial charge in [-0.3, -0.25) is 4.90 Å². The highest BCUT2D eigenvalue weighted by Gasteiger charge is 2.34. The van der Waals surface area contributed by atoms with E-state index in [9.17, 15) is 0 Å². The number of morpholine rings is 1. The minimum absolute atomic E-state index is 0.000109. The van der Waals surface area contributed by atoms with Gasteiger partial charge in [-0.15, -0.1) is 0 Å². The van der Waals surface area contributed by atoms with Gasteiger partial charge < -0.3 is 10.5 Å². The van der Waals surface area contributed by atoms with Crippen LogP contribution in [0, 0.1) is 5.41 Å². The third kappa shape index (κ3) is 4.17. The highest BCUT2D eigenvalue weighted by Crippen LogP contribution is 2.38. The number of ether oxygens (including phenoxy) is 1. The van der Waals surface area contributed by atoms with E-state index >= 15 is 0 Å². The fraction of sp³-hybridized carbons (Fsp3) is 1.00. The van der Waals surface area contributed by atoms with E-state index in [0.717, 1.165) is 19.6 Å². The summed E-state index contributed by atoms with van der Waals surface area (Å²) < 4.78 is 5.98. The SMILES string of the molecule is CC1CN(CCC2(CN)CCCCC2)CC(C)(C)O1. The second-order valence-electron chi connectivity index (χ2n) is 7.44. The maximum Gasteiger partial charge on any atom is 0.0757 e. The average Bonchev–Trinajstić information content (AvgIpc) is 2.35. The van der Waals surface area contributed by atoms with Gasteiger partial charge in [0.05, 0.1) is 11.7 Å². The van der Waals surface area contributed by atoms with Gasteiger partial charge in [0.25, 0.3) is 0 Å². The molecule has 2 N–H and O–H groups in total. The van der Waals surface area contributed by atoms with Crippen LogP contribution in [0.1, 0.15) is 59.3 Å². The molecule has 0 aromatic rings. The van der Waals surface area contributed by atoms with Crippen molar-refractivity contribution in [2.75, 3.05) is 26.2 Å². The fourth-order valence-electron chi connectivity index (χ4n) is 4.01. The predicted octanol–water partition coefficient (Wildman–Crippen LogP) is 2.79. The van der Waals surface area contributed by atoms with Crippen LogP contribution in [0.5, 0.6) is 0 Å². The van der Waals surface area contributed by atoms with Crippen LogP contribution < -0.4 is 5.73 Å². The summed E-state index contributed by atoms with van der Waals surface area (Å²) in [5.74, 6) is 0. The standard InChI is InChI=1S/C16H32N2O/c1-14-11-18(13-15(2,3)19-14)10-9-16(12-17)7-5-4-6-8-16/h14H,4-13,17H2,1-3H3. The fourth-order valence-corrected chi connectivity index (χ4v) is 4.01. The van der Waals surface area contributed by atoms with Crippen LogP contribution in [0.25, 0.3) is 0 Å². The highest BCUT2D eigenvalue weighted by molar-refractivity contribution is 4.87. The quantitative estimate of drug-likeness (QED) is 0.852. The monoisotopic (exact) mass is 268 g/mol. The van der Waals surface area contributed by atoms with Crippen molar-refractivity contribution in [3.05, 3.63) is 0 Å². The molecule has 2 aliphatic rings. The summed E-state index contributed by atoms with van der Waals surface area (Å²) in [6.07, 6.45) is 8.46. The Hall–Kier alpha value is -0.120. The molecule has 2 rings (SSSR count). The lowest BCUT2D eigenvalue weighted by atomic mass is 9.72. The molecular weight excluding hydrogens is 236 g/mol. The summed E-state index contributed by atoms with van der Waals surface area (Å²) in [4.78, 5) is 2.58. The predicted molar refractivity (Wildman–Crippen MR) is 80.3 cm³/mol. The topological polar surface area (TPSA) is 38.5 Å². The van der Waals surface area contributed by atoms with Crippen molar-refractivity contribution < 1.29 is 4.74 Å². The van der Waals surface area contributed by atoms with Gasteiger partial charge in [-0.25, -0.2) is 0 Å². The molecule has 0 aromatic heterocycles. The number of hydrogen-bond donors (Lipinski definition) is 1. The third-order valence-electron chi connectivity index (χ3n) is 4.95. The molecule has 1 unspecified atom stereocenters. The van der Waals surface area contributed by atoms with Crippen molar-refractivity contribution in [3.8, 4) is 0 Å². The Balaban J connectivity index is 1.86. The van der Waals surface area contributed by atoms with Crippen molar-refractivity contribution in [1.29, 1.82) is 0 Å². The second-order valence-corrected chi connectivity index (χ2v) is 7.44. The molecule has 1 heterocycles. The normalized spacial score (nSPS) is 31.3. The molecule has 1 saturated carbocycles. The summed E-state index contributed by atoms with van der Waals surface area (Å²) in [6, 6.07) is 0. The van der Waals surface area contributed by atoms with Gasteiger partial charge in [-0.1, -0.05) is 19.3 Å². The van der Waals surface area contributed by atoms with E-state index in [1.54, 1.807) is 0 Å². The highest BCUT2D eigenvalue weighted by atomic mass is 16.5. The molecule has 19 heavy (non-hydrogen) atoms. The van der Waals surface area contributed by atoms with Crippen LogP contribution in [-0.2, 0) is 4.74 Å². The summed E-state index contributed by atoms with van der Waals surface area (Å²) in [5.41, 5.74) is 6.53. The minimum Gasteiger partial charge on any atom is -0.370 e. The number of hydrogen-bond acceptors (Lipinski definition) is 3. The van der Waals surface area contributed by atoms with Gasteiger partial charge in [0.1, 0.15) is 0 Å². The molecule has 1 saturated heterocycles. The Morgan fingerprint density at radius 3 is 2.47 bits per heavy atom. The first-order valence-electron chi connectivity index (χ1n) is 8.05. The third-order valence-corrected chi connectivity index (χ3v) is 4.95. The molecule has 0 amide bonds. The Morgan fingerprint density at radius 2 is 1.89 bits per heavy atom. The molecule has 1 aliphatic heterocycles. The van der Waals surface area contributed by atoms with Crippen LogP contribution in [-0.4, -0.2) is 42.8 Å². The molecule has 3 heteroatoms. The summed E-state index contributed by atoms with van der Waals surface area (Å²) in [6.45, 7) is 10.8. The second kappa shape index (κ2) is 6.11. The molecule has 0 spiro atoms. The van der Waals surface area contributed by atoms with Crippen molar-refractivity contribution >= 4 is 0 Å². The van der Waals surface area contributed by atoms with Crippen LogP contribution >= 0.6 is 0 Å². The molecule has 1 atom stereocenters. The van der Waals surface area contributed by atoms with E-state index < -0.39 is 0 Å². The Labute approximate surface area is 118 Å². The molecule has 0 aromatic carbocycles. The molecule has 0 radical (unpaired) electrons. The maximum atomic E-state index is 6.09. The Kier molecular flexibility index (Phi) is 4.91.